The minimum atomic E-state index is -3.55. The van der Waals surface area contributed by atoms with Crippen molar-refractivity contribution >= 4 is 39.1 Å². The number of benzene rings is 1. The first kappa shape index (κ1) is 23.4. The lowest BCUT2D eigenvalue weighted by molar-refractivity contribution is -0.173. The Hall–Kier alpha value is -0.900. The third-order valence-corrected chi connectivity index (χ3v) is 5.42. The maximum atomic E-state index is 12.7. The molecule has 1 fully saturated rings. The van der Waals surface area contributed by atoms with Gasteiger partial charge in [-0.2, -0.15) is 0 Å². The van der Waals surface area contributed by atoms with E-state index in [1.54, 1.807) is 18.2 Å². The monoisotopic (exact) mass is 452 g/mol. The normalized spacial score (nSPS) is 23.8. The number of halogens is 2. The second-order valence-corrected chi connectivity index (χ2v) is 10.0. The molecule has 0 spiro atoms. The number of carbonyl (C=O) groups excluding carboxylic acids is 1. The number of hydrogen-bond acceptors (Lipinski definition) is 5. The molecule has 0 aromatic heterocycles. The Kier molecular flexibility index (Phi) is 7.75. The molecule has 1 aromatic rings. The van der Waals surface area contributed by atoms with Crippen LogP contribution in [-0.2, 0) is 30.1 Å². The van der Waals surface area contributed by atoms with Gasteiger partial charge in [-0.1, -0.05) is 43.1 Å². The predicted octanol–water partition coefficient (Wildman–Crippen LogP) is 2.66. The smallest absolute Gasteiger partial charge is 0.238 e. The number of amides is 1. The first-order valence-corrected chi connectivity index (χ1v) is 11.6. The summed E-state index contributed by atoms with van der Waals surface area (Å²) in [6.07, 6.45) is 1.17. The summed E-state index contributed by atoms with van der Waals surface area (Å²) in [6.45, 7) is 5.96. The standard InChI is InChI=1S/C18H26Cl2N2O5S/c1-11(2)7-16(22-28(4,24)25)17(23)21-10-18(26-9-12(3)27-18)14-6-5-13(19)8-15(14)20/h5-6,8,11-12,16,22H,7,9-10H2,1-4H3,(H,21,23). The van der Waals surface area contributed by atoms with Gasteiger partial charge in [-0.05, 0) is 31.4 Å². The van der Waals surface area contributed by atoms with Crippen LogP contribution >= 0.6 is 23.2 Å². The van der Waals surface area contributed by atoms with Gasteiger partial charge in [0.15, 0.2) is 0 Å². The van der Waals surface area contributed by atoms with Crippen LogP contribution in [0.25, 0.3) is 0 Å². The van der Waals surface area contributed by atoms with Gasteiger partial charge < -0.3 is 14.8 Å². The van der Waals surface area contributed by atoms with Crippen LogP contribution in [0, 0.1) is 5.92 Å². The zero-order valence-electron chi connectivity index (χ0n) is 16.3. The van der Waals surface area contributed by atoms with Crippen LogP contribution in [-0.4, -0.2) is 45.9 Å². The molecule has 1 heterocycles. The van der Waals surface area contributed by atoms with Gasteiger partial charge >= 0.3 is 0 Å². The van der Waals surface area contributed by atoms with Gasteiger partial charge in [-0.3, -0.25) is 4.79 Å². The Labute approximate surface area is 176 Å². The topological polar surface area (TPSA) is 93.7 Å². The van der Waals surface area contributed by atoms with Gasteiger partial charge in [-0.15, -0.1) is 0 Å². The number of ether oxygens (including phenoxy) is 2. The summed E-state index contributed by atoms with van der Waals surface area (Å²) in [7, 11) is -3.55. The molecule has 2 N–H and O–H groups in total. The first-order chi connectivity index (χ1) is 12.9. The maximum Gasteiger partial charge on any atom is 0.238 e. The van der Waals surface area contributed by atoms with Gasteiger partial charge in [-0.25, -0.2) is 13.1 Å². The Balaban J connectivity index is 2.22. The molecular formula is C18H26Cl2N2O5S. The summed E-state index contributed by atoms with van der Waals surface area (Å²) in [5.41, 5.74) is 0.541. The first-order valence-electron chi connectivity index (χ1n) is 8.94. The lowest BCUT2D eigenvalue weighted by Crippen LogP contribution is -2.51. The van der Waals surface area contributed by atoms with Crippen LogP contribution in [0.3, 0.4) is 0 Å². The molecule has 158 valence electrons. The SMILES string of the molecule is CC(C)CC(NS(C)(=O)=O)C(=O)NCC1(c2ccc(Cl)cc2Cl)OCC(C)O1. The molecule has 0 aliphatic carbocycles. The number of sulfonamides is 1. The van der Waals surface area contributed by atoms with Crippen molar-refractivity contribution in [2.24, 2.45) is 5.92 Å². The van der Waals surface area contributed by atoms with Gasteiger partial charge in [0.2, 0.25) is 21.7 Å². The quantitative estimate of drug-likeness (QED) is 0.631. The van der Waals surface area contributed by atoms with Crippen molar-refractivity contribution in [2.75, 3.05) is 19.4 Å². The minimum absolute atomic E-state index is 0.0302. The van der Waals surface area contributed by atoms with E-state index in [4.69, 9.17) is 32.7 Å². The zero-order valence-corrected chi connectivity index (χ0v) is 18.6. The van der Waals surface area contributed by atoms with Crippen molar-refractivity contribution in [3.05, 3.63) is 33.8 Å². The third kappa shape index (κ3) is 6.30. The van der Waals surface area contributed by atoms with E-state index in [-0.39, 0.29) is 18.6 Å². The lowest BCUT2D eigenvalue weighted by Gasteiger charge is -2.30. The minimum Gasteiger partial charge on any atom is -0.349 e. The Morgan fingerprint density at radius 3 is 2.54 bits per heavy atom. The highest BCUT2D eigenvalue weighted by Gasteiger charge is 2.44. The van der Waals surface area contributed by atoms with Crippen molar-refractivity contribution in [1.29, 1.82) is 0 Å². The molecule has 7 nitrogen and oxygen atoms in total. The summed E-state index contributed by atoms with van der Waals surface area (Å²) >= 11 is 12.3. The lowest BCUT2D eigenvalue weighted by atomic mass is 10.0. The Morgan fingerprint density at radius 2 is 2.04 bits per heavy atom. The second kappa shape index (κ2) is 9.28. The van der Waals surface area contributed by atoms with Crippen molar-refractivity contribution in [3.8, 4) is 0 Å². The van der Waals surface area contributed by atoms with Crippen LogP contribution in [0.1, 0.15) is 32.8 Å². The van der Waals surface area contributed by atoms with Crippen molar-refractivity contribution in [3.63, 3.8) is 0 Å². The average molecular weight is 453 g/mol. The molecule has 0 bridgehead atoms. The van der Waals surface area contributed by atoms with Crippen LogP contribution in [0.5, 0.6) is 0 Å². The number of rotatable bonds is 8. The van der Waals surface area contributed by atoms with E-state index in [2.05, 4.69) is 10.0 Å². The fraction of sp³-hybridized carbons (Fsp3) is 0.611. The van der Waals surface area contributed by atoms with Crippen molar-refractivity contribution < 1.29 is 22.7 Å². The number of hydrogen-bond donors (Lipinski definition) is 2. The summed E-state index contributed by atoms with van der Waals surface area (Å²) in [5.74, 6) is -1.62. The third-order valence-electron chi connectivity index (χ3n) is 4.16. The molecule has 10 heteroatoms. The van der Waals surface area contributed by atoms with Gasteiger partial charge in [0.1, 0.15) is 6.04 Å². The maximum absolute atomic E-state index is 12.7. The van der Waals surface area contributed by atoms with Crippen molar-refractivity contribution in [2.45, 2.75) is 45.1 Å². The summed E-state index contributed by atoms with van der Waals surface area (Å²) in [6, 6.07) is 4.03. The molecular weight excluding hydrogens is 427 g/mol. The molecule has 3 atom stereocenters. The fourth-order valence-corrected chi connectivity index (χ4v) is 4.31. The summed E-state index contributed by atoms with van der Waals surface area (Å²) in [5, 5.41) is 3.56. The van der Waals surface area contributed by atoms with Gasteiger partial charge in [0.25, 0.3) is 0 Å². The van der Waals surface area contributed by atoms with Crippen LogP contribution in [0.15, 0.2) is 18.2 Å². The fourth-order valence-electron chi connectivity index (χ4n) is 3.04. The molecule has 1 aliphatic heterocycles. The average Bonchev–Trinajstić information content (AvgIpc) is 2.92. The van der Waals surface area contributed by atoms with E-state index in [1.807, 2.05) is 20.8 Å². The van der Waals surface area contributed by atoms with E-state index < -0.39 is 27.8 Å². The molecule has 1 saturated heterocycles. The molecule has 1 amide bonds. The largest absolute Gasteiger partial charge is 0.349 e. The van der Waals surface area contributed by atoms with Crippen LogP contribution in [0.4, 0.5) is 0 Å². The molecule has 0 radical (unpaired) electrons. The highest BCUT2D eigenvalue weighted by Crippen LogP contribution is 2.38. The van der Waals surface area contributed by atoms with E-state index >= 15 is 0 Å². The molecule has 2 rings (SSSR count). The van der Waals surface area contributed by atoms with E-state index in [9.17, 15) is 13.2 Å². The zero-order chi connectivity index (χ0) is 21.1. The van der Waals surface area contributed by atoms with Crippen molar-refractivity contribution in [1.82, 2.24) is 10.0 Å². The van der Waals surface area contributed by atoms with Gasteiger partial charge in [0, 0.05) is 10.6 Å². The van der Waals surface area contributed by atoms with E-state index in [0.29, 0.717) is 28.6 Å². The summed E-state index contributed by atoms with van der Waals surface area (Å²) < 4.78 is 37.5. The molecule has 1 aliphatic rings. The number of carbonyl (C=O) groups is 1. The molecule has 28 heavy (non-hydrogen) atoms. The van der Waals surface area contributed by atoms with Crippen LogP contribution < -0.4 is 10.0 Å². The highest BCUT2D eigenvalue weighted by atomic mass is 35.5. The van der Waals surface area contributed by atoms with E-state index in [0.717, 1.165) is 6.26 Å². The molecule has 1 aromatic carbocycles. The van der Waals surface area contributed by atoms with Gasteiger partial charge in [0.05, 0.1) is 30.5 Å². The predicted molar refractivity (Wildman–Crippen MR) is 109 cm³/mol. The Bertz CT molecular complexity index is 818. The van der Waals surface area contributed by atoms with Crippen LogP contribution in [0.2, 0.25) is 10.0 Å². The number of nitrogens with one attached hydrogen (secondary N) is 2. The highest BCUT2D eigenvalue weighted by molar-refractivity contribution is 7.88. The summed E-state index contributed by atoms with van der Waals surface area (Å²) in [4.78, 5) is 12.7. The second-order valence-electron chi connectivity index (χ2n) is 7.41. The van der Waals surface area contributed by atoms with E-state index in [1.165, 1.54) is 0 Å². The Morgan fingerprint density at radius 1 is 1.36 bits per heavy atom. The molecule has 0 saturated carbocycles. The molecule has 3 unspecified atom stereocenters.